The maximum Gasteiger partial charge on any atom is 0.257 e. The van der Waals surface area contributed by atoms with Crippen molar-refractivity contribution in [2.24, 2.45) is 0 Å². The molecule has 116 valence electrons. The Hall–Kier alpha value is -1.83. The SMILES string of the molecule is O=C(CCS)NNS(=O)(=O)c1ccc(-c2ccccc2)cc1. The standard InChI is InChI=1S/C15H16N2O3S2/c18-15(10-11-21)16-17-22(19,20)14-8-6-13(7-9-14)12-4-2-1-3-5-12/h1-9,17,21H,10-11H2,(H,16,18). The minimum absolute atomic E-state index is 0.0818. The highest BCUT2D eigenvalue weighted by molar-refractivity contribution is 7.89. The van der Waals surface area contributed by atoms with E-state index in [4.69, 9.17) is 0 Å². The van der Waals surface area contributed by atoms with E-state index in [1.54, 1.807) is 12.1 Å². The lowest BCUT2D eigenvalue weighted by molar-refractivity contribution is -0.121. The predicted octanol–water partition coefficient (Wildman–Crippen LogP) is 1.98. The second-order valence-electron chi connectivity index (χ2n) is 4.52. The Morgan fingerprint density at radius 2 is 1.55 bits per heavy atom. The van der Waals surface area contributed by atoms with Crippen LogP contribution in [0.25, 0.3) is 11.1 Å². The van der Waals surface area contributed by atoms with Gasteiger partial charge in [0.25, 0.3) is 10.0 Å². The third-order valence-electron chi connectivity index (χ3n) is 2.94. The summed E-state index contributed by atoms with van der Waals surface area (Å²) in [5, 5.41) is 0. The zero-order valence-electron chi connectivity index (χ0n) is 11.7. The molecule has 0 aromatic heterocycles. The molecule has 0 unspecified atom stereocenters. The molecule has 0 aliphatic rings. The van der Waals surface area contributed by atoms with Crippen LogP contribution in [0.15, 0.2) is 59.5 Å². The minimum Gasteiger partial charge on any atom is -0.278 e. The lowest BCUT2D eigenvalue weighted by Gasteiger charge is -2.09. The van der Waals surface area contributed by atoms with Gasteiger partial charge in [0.05, 0.1) is 4.90 Å². The quantitative estimate of drug-likeness (QED) is 0.558. The molecule has 7 heteroatoms. The van der Waals surface area contributed by atoms with Crippen LogP contribution in [0, 0.1) is 0 Å². The number of hydrogen-bond acceptors (Lipinski definition) is 4. The van der Waals surface area contributed by atoms with Gasteiger partial charge in [0.2, 0.25) is 5.91 Å². The predicted molar refractivity (Wildman–Crippen MR) is 88.8 cm³/mol. The number of nitrogens with one attached hydrogen (secondary N) is 2. The Kier molecular flexibility index (Phi) is 5.59. The maximum absolute atomic E-state index is 12.0. The molecule has 0 heterocycles. The summed E-state index contributed by atoms with van der Waals surface area (Å²) < 4.78 is 24.1. The molecule has 0 atom stereocenters. The first-order valence-electron chi connectivity index (χ1n) is 6.60. The molecule has 2 aromatic rings. The number of sulfonamides is 1. The highest BCUT2D eigenvalue weighted by Crippen LogP contribution is 2.20. The van der Waals surface area contributed by atoms with Crippen LogP contribution in [0.4, 0.5) is 0 Å². The van der Waals surface area contributed by atoms with Crippen molar-refractivity contribution in [3.05, 3.63) is 54.6 Å². The number of hydrazine groups is 1. The van der Waals surface area contributed by atoms with Crippen molar-refractivity contribution in [1.82, 2.24) is 10.3 Å². The van der Waals surface area contributed by atoms with Crippen molar-refractivity contribution in [2.45, 2.75) is 11.3 Å². The van der Waals surface area contributed by atoms with Gasteiger partial charge in [-0.05, 0) is 29.0 Å². The molecule has 0 fully saturated rings. The normalized spacial score (nSPS) is 11.1. The Bertz CT molecular complexity index is 729. The fraction of sp³-hybridized carbons (Fsp3) is 0.133. The average Bonchev–Trinajstić information content (AvgIpc) is 2.54. The zero-order chi connectivity index (χ0) is 16.0. The molecule has 2 rings (SSSR count). The van der Waals surface area contributed by atoms with E-state index in [0.29, 0.717) is 5.75 Å². The number of carbonyl (C=O) groups excluding carboxylic acids is 1. The number of amides is 1. The van der Waals surface area contributed by atoms with Crippen LogP contribution in [0.5, 0.6) is 0 Å². The van der Waals surface area contributed by atoms with Crippen molar-refractivity contribution < 1.29 is 13.2 Å². The largest absolute Gasteiger partial charge is 0.278 e. The smallest absolute Gasteiger partial charge is 0.257 e. The Balaban J connectivity index is 2.11. The van der Waals surface area contributed by atoms with Crippen molar-refractivity contribution in [3.8, 4) is 11.1 Å². The summed E-state index contributed by atoms with van der Waals surface area (Å²) in [6.07, 6.45) is 0.137. The second-order valence-corrected chi connectivity index (χ2v) is 6.65. The number of carbonyl (C=O) groups is 1. The first-order chi connectivity index (χ1) is 10.5. The van der Waals surface area contributed by atoms with E-state index in [2.05, 4.69) is 22.9 Å². The van der Waals surface area contributed by atoms with Crippen LogP contribution >= 0.6 is 12.6 Å². The molecule has 0 aliphatic carbocycles. The summed E-state index contributed by atoms with van der Waals surface area (Å²) in [6, 6.07) is 16.1. The summed E-state index contributed by atoms with van der Waals surface area (Å²) in [7, 11) is -3.78. The summed E-state index contributed by atoms with van der Waals surface area (Å²) in [4.78, 5) is 13.4. The van der Waals surface area contributed by atoms with Gasteiger partial charge in [-0.15, -0.1) is 4.83 Å². The average molecular weight is 336 g/mol. The Morgan fingerprint density at radius 1 is 0.955 bits per heavy atom. The van der Waals surface area contributed by atoms with Crippen LogP contribution in [-0.4, -0.2) is 20.1 Å². The van der Waals surface area contributed by atoms with E-state index >= 15 is 0 Å². The molecule has 2 aromatic carbocycles. The van der Waals surface area contributed by atoms with Crippen LogP contribution < -0.4 is 10.3 Å². The third-order valence-corrected chi connectivity index (χ3v) is 4.42. The van der Waals surface area contributed by atoms with Crippen molar-refractivity contribution in [2.75, 3.05) is 5.75 Å². The lowest BCUT2D eigenvalue weighted by Crippen LogP contribution is -2.41. The fourth-order valence-corrected chi connectivity index (χ4v) is 2.87. The molecule has 0 radical (unpaired) electrons. The van der Waals surface area contributed by atoms with Crippen molar-refractivity contribution >= 4 is 28.6 Å². The topological polar surface area (TPSA) is 75.3 Å². The van der Waals surface area contributed by atoms with E-state index in [0.717, 1.165) is 11.1 Å². The van der Waals surface area contributed by atoms with Gasteiger partial charge in [-0.3, -0.25) is 10.2 Å². The first-order valence-corrected chi connectivity index (χ1v) is 8.71. The fourth-order valence-electron chi connectivity index (χ4n) is 1.80. The molecule has 5 nitrogen and oxygen atoms in total. The maximum atomic E-state index is 12.0. The summed E-state index contributed by atoms with van der Waals surface area (Å²) in [5.74, 6) is -0.0845. The number of thiol groups is 1. The first kappa shape index (κ1) is 16.5. The van der Waals surface area contributed by atoms with E-state index in [-0.39, 0.29) is 11.3 Å². The number of hydrogen-bond donors (Lipinski definition) is 3. The van der Waals surface area contributed by atoms with Gasteiger partial charge in [-0.2, -0.15) is 12.6 Å². The molecule has 0 saturated heterocycles. The van der Waals surface area contributed by atoms with Crippen LogP contribution in [-0.2, 0) is 14.8 Å². The van der Waals surface area contributed by atoms with E-state index in [1.807, 2.05) is 30.3 Å². The molecule has 22 heavy (non-hydrogen) atoms. The van der Waals surface area contributed by atoms with Gasteiger partial charge in [0, 0.05) is 6.42 Å². The minimum atomic E-state index is -3.78. The summed E-state index contributed by atoms with van der Waals surface area (Å²) in [5.41, 5.74) is 4.06. The van der Waals surface area contributed by atoms with Crippen LogP contribution in [0.2, 0.25) is 0 Å². The molecule has 0 bridgehead atoms. The van der Waals surface area contributed by atoms with E-state index in [1.165, 1.54) is 12.1 Å². The number of rotatable bonds is 6. The van der Waals surface area contributed by atoms with Crippen molar-refractivity contribution in [3.63, 3.8) is 0 Å². The monoisotopic (exact) mass is 336 g/mol. The Morgan fingerprint density at radius 3 is 2.14 bits per heavy atom. The van der Waals surface area contributed by atoms with Gasteiger partial charge < -0.3 is 0 Å². The van der Waals surface area contributed by atoms with Crippen LogP contribution in [0.1, 0.15) is 6.42 Å². The third kappa shape index (κ3) is 4.33. The van der Waals surface area contributed by atoms with Gasteiger partial charge in [-0.25, -0.2) is 8.42 Å². The van der Waals surface area contributed by atoms with Gasteiger partial charge in [0.15, 0.2) is 0 Å². The Labute approximate surface area is 135 Å². The highest BCUT2D eigenvalue weighted by Gasteiger charge is 2.14. The molecule has 0 aliphatic heterocycles. The number of benzene rings is 2. The van der Waals surface area contributed by atoms with Gasteiger partial charge in [0.1, 0.15) is 0 Å². The molecule has 0 saturated carbocycles. The molecular formula is C15H16N2O3S2. The zero-order valence-corrected chi connectivity index (χ0v) is 13.4. The van der Waals surface area contributed by atoms with Gasteiger partial charge >= 0.3 is 0 Å². The summed E-state index contributed by atoms with van der Waals surface area (Å²) >= 11 is 3.90. The molecule has 0 spiro atoms. The molecule has 2 N–H and O–H groups in total. The van der Waals surface area contributed by atoms with Crippen molar-refractivity contribution in [1.29, 1.82) is 0 Å². The summed E-state index contributed by atoms with van der Waals surface area (Å²) in [6.45, 7) is 0. The van der Waals surface area contributed by atoms with E-state index < -0.39 is 15.9 Å². The van der Waals surface area contributed by atoms with Crippen LogP contribution in [0.3, 0.4) is 0 Å². The highest BCUT2D eigenvalue weighted by atomic mass is 32.2. The van der Waals surface area contributed by atoms with E-state index in [9.17, 15) is 13.2 Å². The molecular weight excluding hydrogens is 320 g/mol. The lowest BCUT2D eigenvalue weighted by atomic mass is 10.1. The molecule has 1 amide bonds. The second kappa shape index (κ2) is 7.44. The van der Waals surface area contributed by atoms with Gasteiger partial charge in [-0.1, -0.05) is 42.5 Å².